The van der Waals surface area contributed by atoms with Crippen LogP contribution in [-0.4, -0.2) is 35.9 Å². The van der Waals surface area contributed by atoms with E-state index in [1.54, 1.807) is 12.1 Å². The highest BCUT2D eigenvalue weighted by atomic mass is 16.2. The minimum Gasteiger partial charge on any atom is -0.321 e. The fourth-order valence-corrected chi connectivity index (χ4v) is 2.47. The fourth-order valence-electron chi connectivity index (χ4n) is 2.47. The Balaban J connectivity index is 1.52. The number of tetrazole rings is 1. The predicted molar refractivity (Wildman–Crippen MR) is 89.0 cm³/mol. The van der Waals surface area contributed by atoms with Gasteiger partial charge in [0.2, 0.25) is 0 Å². The normalized spacial score (nSPS) is 13.6. The third kappa shape index (κ3) is 3.03. The van der Waals surface area contributed by atoms with E-state index < -0.39 is 0 Å². The molecule has 0 unspecified atom stereocenters. The molecule has 0 bridgehead atoms. The van der Waals surface area contributed by atoms with Gasteiger partial charge in [0, 0.05) is 24.4 Å². The van der Waals surface area contributed by atoms with Gasteiger partial charge in [0.25, 0.3) is 11.5 Å². The van der Waals surface area contributed by atoms with Crippen LogP contribution < -0.4 is 10.9 Å². The number of rotatable bonds is 4. The predicted octanol–water partition coefficient (Wildman–Crippen LogP) is 1.02. The van der Waals surface area contributed by atoms with E-state index in [0.29, 0.717) is 11.7 Å². The first kappa shape index (κ1) is 15.2. The van der Waals surface area contributed by atoms with Gasteiger partial charge in [-0.1, -0.05) is 0 Å². The lowest BCUT2D eigenvalue weighted by molar-refractivity contribution is 0.102. The zero-order valence-electron chi connectivity index (χ0n) is 13.5. The monoisotopic (exact) mass is 337 g/mol. The number of amides is 1. The zero-order chi connectivity index (χ0) is 17.4. The van der Waals surface area contributed by atoms with E-state index in [1.807, 2.05) is 16.8 Å². The molecule has 0 aliphatic heterocycles. The number of nitrogens with one attached hydrogen (secondary N) is 1. The Morgan fingerprint density at radius 1 is 1.16 bits per heavy atom. The molecule has 2 aromatic heterocycles. The molecule has 1 amide bonds. The SMILES string of the molecule is Cn1nc(C(=O)Nc2ccc(-c3nnnn3C3CC3)cc2)ccc1=O. The van der Waals surface area contributed by atoms with Crippen molar-refractivity contribution in [1.82, 2.24) is 30.0 Å². The van der Waals surface area contributed by atoms with Crippen LogP contribution in [0.4, 0.5) is 5.69 Å². The lowest BCUT2D eigenvalue weighted by Crippen LogP contribution is -2.23. The van der Waals surface area contributed by atoms with Crippen molar-refractivity contribution in [2.45, 2.75) is 18.9 Å². The van der Waals surface area contributed by atoms with Gasteiger partial charge in [-0.3, -0.25) is 9.59 Å². The molecule has 0 saturated heterocycles. The molecular weight excluding hydrogens is 322 g/mol. The second-order valence-electron chi connectivity index (χ2n) is 5.89. The van der Waals surface area contributed by atoms with Crippen molar-refractivity contribution in [3.8, 4) is 11.4 Å². The summed E-state index contributed by atoms with van der Waals surface area (Å²) < 4.78 is 2.96. The topological polar surface area (TPSA) is 108 Å². The number of nitrogens with zero attached hydrogens (tertiary/aromatic N) is 6. The van der Waals surface area contributed by atoms with Gasteiger partial charge in [-0.15, -0.1) is 5.10 Å². The summed E-state index contributed by atoms with van der Waals surface area (Å²) in [4.78, 5) is 23.5. The Hall–Kier alpha value is -3.36. The highest BCUT2D eigenvalue weighted by molar-refractivity contribution is 6.02. The van der Waals surface area contributed by atoms with Crippen molar-refractivity contribution in [1.29, 1.82) is 0 Å². The number of hydrogen-bond donors (Lipinski definition) is 1. The summed E-state index contributed by atoms with van der Waals surface area (Å²) in [6.07, 6.45) is 2.19. The first-order chi connectivity index (χ1) is 12.1. The summed E-state index contributed by atoms with van der Waals surface area (Å²) in [6, 6.07) is 10.4. The Labute approximate surface area is 142 Å². The minimum atomic E-state index is -0.383. The van der Waals surface area contributed by atoms with E-state index in [9.17, 15) is 9.59 Å². The number of aryl methyl sites for hydroxylation is 1. The Kier molecular flexibility index (Phi) is 3.60. The Morgan fingerprint density at radius 3 is 2.60 bits per heavy atom. The molecule has 0 spiro atoms. The summed E-state index contributed by atoms with van der Waals surface area (Å²) in [5, 5.41) is 18.5. The van der Waals surface area contributed by atoms with E-state index in [-0.39, 0.29) is 17.2 Å². The van der Waals surface area contributed by atoms with Gasteiger partial charge >= 0.3 is 0 Å². The van der Waals surface area contributed by atoms with Crippen molar-refractivity contribution in [2.24, 2.45) is 7.05 Å². The number of carbonyl (C=O) groups excluding carboxylic acids is 1. The second-order valence-corrected chi connectivity index (χ2v) is 5.89. The number of benzene rings is 1. The summed E-state index contributed by atoms with van der Waals surface area (Å²) >= 11 is 0. The van der Waals surface area contributed by atoms with Crippen LogP contribution >= 0.6 is 0 Å². The molecule has 9 nitrogen and oxygen atoms in total. The molecule has 1 fully saturated rings. The lowest BCUT2D eigenvalue weighted by Gasteiger charge is -2.07. The van der Waals surface area contributed by atoms with E-state index >= 15 is 0 Å². The van der Waals surface area contributed by atoms with Crippen LogP contribution in [0.25, 0.3) is 11.4 Å². The molecule has 3 aromatic rings. The van der Waals surface area contributed by atoms with Gasteiger partial charge < -0.3 is 5.32 Å². The smallest absolute Gasteiger partial charge is 0.276 e. The van der Waals surface area contributed by atoms with Gasteiger partial charge in [-0.2, -0.15) is 5.10 Å². The van der Waals surface area contributed by atoms with Crippen molar-refractivity contribution in [3.63, 3.8) is 0 Å². The second kappa shape index (κ2) is 5.93. The van der Waals surface area contributed by atoms with Crippen molar-refractivity contribution in [3.05, 3.63) is 52.4 Å². The van der Waals surface area contributed by atoms with Gasteiger partial charge in [-0.05, 0) is 53.6 Å². The van der Waals surface area contributed by atoms with Gasteiger partial charge in [0.05, 0.1) is 6.04 Å². The largest absolute Gasteiger partial charge is 0.321 e. The first-order valence-electron chi connectivity index (χ1n) is 7.86. The molecule has 1 N–H and O–H groups in total. The molecule has 9 heteroatoms. The Bertz CT molecular complexity index is 986. The van der Waals surface area contributed by atoms with Crippen LogP contribution in [-0.2, 0) is 7.05 Å². The molecule has 1 aromatic carbocycles. The van der Waals surface area contributed by atoms with E-state index in [0.717, 1.165) is 28.9 Å². The number of anilines is 1. The molecule has 0 atom stereocenters. The van der Waals surface area contributed by atoms with Crippen molar-refractivity contribution < 1.29 is 4.79 Å². The lowest BCUT2D eigenvalue weighted by atomic mass is 10.2. The van der Waals surface area contributed by atoms with E-state index in [4.69, 9.17) is 0 Å². The zero-order valence-corrected chi connectivity index (χ0v) is 13.5. The fraction of sp³-hybridized carbons (Fsp3) is 0.250. The van der Waals surface area contributed by atoms with Crippen LogP contribution in [0.1, 0.15) is 29.4 Å². The molecule has 1 saturated carbocycles. The number of hydrogen-bond acceptors (Lipinski definition) is 6. The van der Waals surface area contributed by atoms with Crippen LogP contribution in [0.15, 0.2) is 41.2 Å². The average Bonchev–Trinajstić information content (AvgIpc) is 3.35. The molecule has 2 heterocycles. The molecule has 25 heavy (non-hydrogen) atoms. The third-order valence-electron chi connectivity index (χ3n) is 3.98. The van der Waals surface area contributed by atoms with Crippen molar-refractivity contribution in [2.75, 3.05) is 5.32 Å². The van der Waals surface area contributed by atoms with Crippen LogP contribution in [0, 0.1) is 0 Å². The maximum Gasteiger partial charge on any atom is 0.276 e. The highest BCUT2D eigenvalue weighted by Gasteiger charge is 2.28. The van der Waals surface area contributed by atoms with Crippen LogP contribution in [0.3, 0.4) is 0 Å². The molecule has 4 rings (SSSR count). The van der Waals surface area contributed by atoms with Crippen LogP contribution in [0.2, 0.25) is 0 Å². The Morgan fingerprint density at radius 2 is 1.92 bits per heavy atom. The molecule has 1 aliphatic carbocycles. The quantitative estimate of drug-likeness (QED) is 0.761. The van der Waals surface area contributed by atoms with Gasteiger partial charge in [0.15, 0.2) is 5.82 Å². The maximum atomic E-state index is 12.2. The summed E-state index contributed by atoms with van der Waals surface area (Å²) in [7, 11) is 1.50. The summed E-state index contributed by atoms with van der Waals surface area (Å²) in [5.74, 6) is 0.339. The van der Waals surface area contributed by atoms with Gasteiger partial charge in [-0.25, -0.2) is 9.36 Å². The van der Waals surface area contributed by atoms with E-state index in [1.165, 1.54) is 19.2 Å². The molecule has 0 radical (unpaired) electrons. The summed E-state index contributed by atoms with van der Waals surface area (Å²) in [6.45, 7) is 0. The standard InChI is InChI=1S/C16H15N7O2/c1-22-14(24)9-8-13(19-22)16(25)17-11-4-2-10(3-5-11)15-18-20-21-23(15)12-6-7-12/h2-5,8-9,12H,6-7H2,1H3,(H,17,25). The average molecular weight is 337 g/mol. The number of aromatic nitrogens is 6. The van der Waals surface area contributed by atoms with Crippen molar-refractivity contribution >= 4 is 11.6 Å². The third-order valence-corrected chi connectivity index (χ3v) is 3.98. The summed E-state index contributed by atoms with van der Waals surface area (Å²) in [5.41, 5.74) is 1.41. The highest BCUT2D eigenvalue weighted by Crippen LogP contribution is 2.36. The number of carbonyl (C=O) groups is 1. The molecular formula is C16H15N7O2. The maximum absolute atomic E-state index is 12.2. The first-order valence-corrected chi connectivity index (χ1v) is 7.86. The van der Waals surface area contributed by atoms with Gasteiger partial charge in [0.1, 0.15) is 5.69 Å². The molecule has 1 aliphatic rings. The molecule has 126 valence electrons. The van der Waals surface area contributed by atoms with Crippen LogP contribution in [0.5, 0.6) is 0 Å². The minimum absolute atomic E-state index is 0.170. The van der Waals surface area contributed by atoms with E-state index in [2.05, 4.69) is 25.9 Å².